The maximum absolute atomic E-state index is 13.0. The van der Waals surface area contributed by atoms with Crippen molar-refractivity contribution in [2.45, 2.75) is 281 Å². The van der Waals surface area contributed by atoms with Gasteiger partial charge < -0.3 is 40.8 Å². The molecular weight excluding hydrogens is 773 g/mol. The molecule has 8 N–H and O–H groups in total. The van der Waals surface area contributed by atoms with Crippen LogP contribution in [0.3, 0.4) is 0 Å². The Morgan fingerprint density at radius 2 is 0.814 bits per heavy atom. The monoisotopic (exact) mass is 866 g/mol. The highest BCUT2D eigenvalue weighted by molar-refractivity contribution is 7.47. The highest BCUT2D eigenvalue weighted by atomic mass is 31.2. The second-order valence-electron chi connectivity index (χ2n) is 17.7. The lowest BCUT2D eigenvalue weighted by atomic mass is 9.85. The lowest BCUT2D eigenvalue weighted by Gasteiger charge is -2.41. The summed E-state index contributed by atoms with van der Waals surface area (Å²) in [4.78, 5) is 23.4. The van der Waals surface area contributed by atoms with Crippen LogP contribution in [0.2, 0.25) is 0 Å². The van der Waals surface area contributed by atoms with Gasteiger partial charge in [-0.25, -0.2) is 4.57 Å². The number of phosphoric ester groups is 1. The number of amides is 1. The minimum atomic E-state index is -5.05. The summed E-state index contributed by atoms with van der Waals surface area (Å²) in [5.74, 6) is -0.304. The zero-order valence-corrected chi connectivity index (χ0v) is 38.5. The van der Waals surface area contributed by atoms with Crippen molar-refractivity contribution in [2.24, 2.45) is 0 Å². The molecule has 9 atom stereocenters. The zero-order valence-electron chi connectivity index (χ0n) is 37.6. The van der Waals surface area contributed by atoms with Gasteiger partial charge in [-0.2, -0.15) is 0 Å². The first kappa shape index (κ1) is 56.4. The van der Waals surface area contributed by atoms with E-state index in [-0.39, 0.29) is 12.3 Å². The van der Waals surface area contributed by atoms with Crippen LogP contribution in [0.5, 0.6) is 0 Å². The van der Waals surface area contributed by atoms with Gasteiger partial charge in [-0.3, -0.25) is 13.8 Å². The highest BCUT2D eigenvalue weighted by Crippen LogP contribution is 2.47. The zero-order chi connectivity index (χ0) is 43.6. The van der Waals surface area contributed by atoms with Gasteiger partial charge in [0, 0.05) is 6.42 Å². The average Bonchev–Trinajstić information content (AvgIpc) is 3.22. The molecule has 1 aliphatic rings. The minimum Gasteiger partial charge on any atom is -0.391 e. The molecule has 1 amide bonds. The normalized spacial score (nSPS) is 22.9. The summed E-state index contributed by atoms with van der Waals surface area (Å²) in [7, 11) is -5.05. The van der Waals surface area contributed by atoms with Gasteiger partial charge in [0.1, 0.15) is 36.6 Å². The Morgan fingerprint density at radius 1 is 0.508 bits per heavy atom. The fraction of sp³-hybridized carbons (Fsp3) is 0.978. The lowest BCUT2D eigenvalue weighted by molar-refractivity contribution is -0.220. The van der Waals surface area contributed by atoms with E-state index in [0.29, 0.717) is 19.3 Å². The first-order valence-electron chi connectivity index (χ1n) is 24.5. The number of hydrogen-bond donors (Lipinski definition) is 8. The standard InChI is InChI=1S/C46H92NO11P/c1-3-5-7-9-11-13-15-17-18-19-20-21-22-24-26-28-30-32-34-36-40(49)47-38(39(48)35-33-31-29-27-25-23-16-14-12-10-8-6-4-2)37-57-59(55,56)58-46-44(53)42(51)41(50)43(52)45(46)54/h38-39,41-46,48,50-54H,3-37H2,1-2H3,(H,47,49)(H,55,56)/t38-,39+,41?,42-,43+,44+,45+,46?/m0/s1. The van der Waals surface area contributed by atoms with Gasteiger partial charge in [-0.15, -0.1) is 0 Å². The Balaban J connectivity index is 2.41. The molecule has 0 radical (unpaired) electrons. The van der Waals surface area contributed by atoms with Gasteiger partial charge in [0.25, 0.3) is 0 Å². The Hall–Kier alpha value is -0.660. The Labute approximate surface area is 359 Å². The number of aliphatic hydroxyl groups excluding tert-OH is 6. The molecule has 12 nitrogen and oxygen atoms in total. The molecule has 0 aromatic heterocycles. The van der Waals surface area contributed by atoms with E-state index in [2.05, 4.69) is 19.2 Å². The summed E-state index contributed by atoms with van der Waals surface area (Å²) in [5, 5.41) is 64.2. The predicted octanol–water partition coefficient (Wildman–Crippen LogP) is 9.46. The number of aliphatic hydroxyl groups is 6. The van der Waals surface area contributed by atoms with Crippen molar-refractivity contribution in [3.05, 3.63) is 0 Å². The van der Waals surface area contributed by atoms with E-state index in [1.807, 2.05) is 0 Å². The van der Waals surface area contributed by atoms with Crippen LogP contribution >= 0.6 is 7.82 Å². The van der Waals surface area contributed by atoms with E-state index < -0.39 is 63.2 Å². The van der Waals surface area contributed by atoms with E-state index in [1.165, 1.54) is 154 Å². The predicted molar refractivity (Wildman–Crippen MR) is 237 cm³/mol. The summed E-state index contributed by atoms with van der Waals surface area (Å²) in [6, 6.07) is -1.02. The lowest BCUT2D eigenvalue weighted by Crippen LogP contribution is -2.64. The first-order chi connectivity index (χ1) is 28.4. The molecule has 3 unspecified atom stereocenters. The third-order valence-corrected chi connectivity index (χ3v) is 13.2. The Kier molecular flexibility index (Phi) is 35.1. The van der Waals surface area contributed by atoms with E-state index in [0.717, 1.165) is 38.5 Å². The maximum Gasteiger partial charge on any atom is 0.472 e. The van der Waals surface area contributed by atoms with E-state index >= 15 is 0 Å². The van der Waals surface area contributed by atoms with E-state index in [9.17, 15) is 44.9 Å². The van der Waals surface area contributed by atoms with Crippen molar-refractivity contribution in [2.75, 3.05) is 6.61 Å². The number of rotatable bonds is 41. The molecule has 1 fully saturated rings. The number of carbonyl (C=O) groups is 1. The third kappa shape index (κ3) is 28.6. The summed E-state index contributed by atoms with van der Waals surface area (Å²) < 4.78 is 23.0. The van der Waals surface area contributed by atoms with Crippen molar-refractivity contribution in [1.82, 2.24) is 5.32 Å². The maximum atomic E-state index is 13.0. The molecule has 0 aromatic carbocycles. The van der Waals surface area contributed by atoms with Gasteiger partial charge in [0.15, 0.2) is 0 Å². The van der Waals surface area contributed by atoms with Crippen LogP contribution in [0.1, 0.15) is 232 Å². The Bertz CT molecular complexity index is 1010. The average molecular weight is 866 g/mol. The topological polar surface area (TPSA) is 206 Å². The Morgan fingerprint density at radius 3 is 1.17 bits per heavy atom. The van der Waals surface area contributed by atoms with Crippen LogP contribution in [-0.2, 0) is 18.4 Å². The summed E-state index contributed by atoms with van der Waals surface area (Å²) >= 11 is 0. The molecule has 13 heteroatoms. The second-order valence-corrected chi connectivity index (χ2v) is 19.1. The van der Waals surface area contributed by atoms with Crippen LogP contribution in [-0.4, -0.2) is 96.8 Å². The summed E-state index contributed by atoms with van der Waals surface area (Å²) in [5.41, 5.74) is 0. The number of nitrogens with one attached hydrogen (secondary N) is 1. The van der Waals surface area contributed by atoms with Crippen molar-refractivity contribution >= 4 is 13.7 Å². The number of phosphoric acid groups is 1. The fourth-order valence-electron chi connectivity index (χ4n) is 8.14. The number of carbonyl (C=O) groups excluding carboxylic acids is 1. The fourth-order valence-corrected chi connectivity index (χ4v) is 9.11. The molecular formula is C46H92NO11P. The largest absolute Gasteiger partial charge is 0.472 e. The quantitative estimate of drug-likeness (QED) is 0.0215. The molecule has 1 saturated carbocycles. The van der Waals surface area contributed by atoms with Crippen molar-refractivity contribution < 1.29 is 53.9 Å². The smallest absolute Gasteiger partial charge is 0.391 e. The van der Waals surface area contributed by atoms with Gasteiger partial charge in [-0.05, 0) is 12.8 Å². The minimum absolute atomic E-state index is 0.243. The van der Waals surface area contributed by atoms with Crippen LogP contribution in [0, 0.1) is 0 Å². The molecule has 0 bridgehead atoms. The molecule has 0 aromatic rings. The number of hydrogen-bond acceptors (Lipinski definition) is 10. The van der Waals surface area contributed by atoms with E-state index in [4.69, 9.17) is 9.05 Å². The van der Waals surface area contributed by atoms with Crippen molar-refractivity contribution in [1.29, 1.82) is 0 Å². The van der Waals surface area contributed by atoms with Crippen LogP contribution in [0.4, 0.5) is 0 Å². The molecule has 352 valence electrons. The molecule has 0 saturated heterocycles. The molecule has 0 heterocycles. The molecule has 59 heavy (non-hydrogen) atoms. The SMILES string of the molecule is CCCCCCCCCCCCCCCCCCCCCC(=O)N[C@@H](COP(=O)(O)OC1[C@H](O)[C@H](O)C(O)[C@H](O)[C@H]1O)[C@H](O)CCCCCCCCCCCCCCC. The van der Waals surface area contributed by atoms with Gasteiger partial charge >= 0.3 is 7.82 Å². The molecule has 1 aliphatic carbocycles. The first-order valence-corrected chi connectivity index (χ1v) is 26.0. The number of unbranched alkanes of at least 4 members (excludes halogenated alkanes) is 30. The van der Waals surface area contributed by atoms with Gasteiger partial charge in [0.05, 0.1) is 18.8 Å². The van der Waals surface area contributed by atoms with Crippen molar-refractivity contribution in [3.63, 3.8) is 0 Å². The molecule has 1 rings (SSSR count). The molecule has 0 aliphatic heterocycles. The van der Waals surface area contributed by atoms with Crippen LogP contribution < -0.4 is 5.32 Å². The second kappa shape index (κ2) is 36.8. The molecule has 0 spiro atoms. The summed E-state index contributed by atoms with van der Waals surface area (Å²) in [6.07, 6.45) is 27.0. The highest BCUT2D eigenvalue weighted by Gasteiger charge is 2.51. The van der Waals surface area contributed by atoms with E-state index in [1.54, 1.807) is 0 Å². The summed E-state index contributed by atoms with van der Waals surface area (Å²) in [6.45, 7) is 3.90. The van der Waals surface area contributed by atoms with Crippen molar-refractivity contribution in [3.8, 4) is 0 Å². The van der Waals surface area contributed by atoms with Crippen LogP contribution in [0.15, 0.2) is 0 Å². The van der Waals surface area contributed by atoms with Gasteiger partial charge in [0.2, 0.25) is 5.91 Å². The van der Waals surface area contributed by atoms with Crippen LogP contribution in [0.25, 0.3) is 0 Å². The third-order valence-electron chi connectivity index (χ3n) is 12.2. The van der Waals surface area contributed by atoms with Gasteiger partial charge in [-0.1, -0.05) is 213 Å².